The first-order valence-electron chi connectivity index (χ1n) is 7.31. The fourth-order valence-electron chi connectivity index (χ4n) is 4.55. The molecule has 0 heterocycles. The Bertz CT molecular complexity index is 347. The van der Waals surface area contributed by atoms with Crippen molar-refractivity contribution in [2.75, 3.05) is 0 Å². The highest BCUT2D eigenvalue weighted by Crippen LogP contribution is 2.56. The van der Waals surface area contributed by atoms with E-state index in [0.29, 0.717) is 19.3 Å². The van der Waals surface area contributed by atoms with Gasteiger partial charge in [-0.25, -0.2) is 0 Å². The van der Waals surface area contributed by atoms with Crippen LogP contribution < -0.4 is 0 Å². The molecule has 0 saturated heterocycles. The quantitative estimate of drug-likeness (QED) is 0.575. The van der Waals surface area contributed by atoms with Crippen molar-refractivity contribution in [2.24, 2.45) is 17.3 Å². The highest BCUT2D eigenvalue weighted by Gasteiger charge is 2.60. The Hall–Kier alpha value is -0.160. The van der Waals surface area contributed by atoms with Crippen LogP contribution in [0.25, 0.3) is 0 Å². The molecule has 2 fully saturated rings. The molecule has 4 heteroatoms. The molecule has 4 N–H and O–H groups in total. The van der Waals surface area contributed by atoms with Gasteiger partial charge in [-0.3, -0.25) is 0 Å². The molecule has 0 bridgehead atoms. The second-order valence-corrected chi connectivity index (χ2v) is 7.68. The standard InChI is InChI=1S/C15H28O4/c1-13(2,18)9-5-7-14(3)10(16)6-8-15(4,19)12(14)11(9)17/h9-12,16-19H,5-8H2,1-4H3/t9-,10+,11+,12-,14+,15-/m1/s1. The van der Waals surface area contributed by atoms with Crippen molar-refractivity contribution in [2.45, 2.75) is 76.8 Å². The minimum Gasteiger partial charge on any atom is -0.393 e. The van der Waals surface area contributed by atoms with Crippen LogP contribution in [-0.4, -0.2) is 43.8 Å². The lowest BCUT2D eigenvalue weighted by Crippen LogP contribution is -2.64. The average Bonchev–Trinajstić information content (AvgIpc) is 2.22. The lowest BCUT2D eigenvalue weighted by atomic mass is 9.50. The SMILES string of the molecule is CC(C)(O)[C@@H]1CC[C@]2(C)[C@@H]([C@H]1O)[C@](C)(O)CC[C@@H]2O. The predicted molar refractivity (Wildman–Crippen MR) is 72.5 cm³/mol. The molecule has 6 atom stereocenters. The molecule has 0 unspecified atom stereocenters. The summed E-state index contributed by atoms with van der Waals surface area (Å²) in [5.41, 5.74) is -2.43. The molecule has 2 saturated carbocycles. The van der Waals surface area contributed by atoms with Crippen LogP contribution >= 0.6 is 0 Å². The lowest BCUT2D eigenvalue weighted by Gasteiger charge is -2.59. The van der Waals surface area contributed by atoms with Gasteiger partial charge in [0.15, 0.2) is 0 Å². The normalized spacial score (nSPS) is 51.8. The summed E-state index contributed by atoms with van der Waals surface area (Å²) < 4.78 is 0. The van der Waals surface area contributed by atoms with Crippen LogP contribution in [0, 0.1) is 17.3 Å². The topological polar surface area (TPSA) is 80.9 Å². The number of fused-ring (bicyclic) bond motifs is 1. The number of rotatable bonds is 1. The van der Waals surface area contributed by atoms with Crippen LogP contribution in [0.15, 0.2) is 0 Å². The van der Waals surface area contributed by atoms with Gasteiger partial charge in [-0.05, 0) is 46.5 Å². The Morgan fingerprint density at radius 2 is 1.63 bits per heavy atom. The predicted octanol–water partition coefficient (Wildman–Crippen LogP) is 1.06. The van der Waals surface area contributed by atoms with E-state index in [9.17, 15) is 20.4 Å². The molecule has 2 aliphatic carbocycles. The smallest absolute Gasteiger partial charge is 0.0679 e. The maximum absolute atomic E-state index is 10.7. The summed E-state index contributed by atoms with van der Waals surface area (Å²) in [7, 11) is 0. The summed E-state index contributed by atoms with van der Waals surface area (Å²) in [5, 5.41) is 41.9. The van der Waals surface area contributed by atoms with Crippen LogP contribution in [0.1, 0.15) is 53.4 Å². The van der Waals surface area contributed by atoms with Gasteiger partial charge in [-0.1, -0.05) is 6.92 Å². The highest BCUT2D eigenvalue weighted by atomic mass is 16.3. The summed E-state index contributed by atoms with van der Waals surface area (Å²) in [6.07, 6.45) is 1.17. The molecule has 112 valence electrons. The number of hydrogen-bond donors (Lipinski definition) is 4. The van der Waals surface area contributed by atoms with Gasteiger partial charge in [0.05, 0.1) is 23.4 Å². The largest absolute Gasteiger partial charge is 0.393 e. The first-order chi connectivity index (χ1) is 8.50. The maximum atomic E-state index is 10.7. The summed E-state index contributed by atoms with van der Waals surface area (Å²) in [5.74, 6) is -0.656. The minimum atomic E-state index is -0.989. The van der Waals surface area contributed by atoms with Crippen molar-refractivity contribution in [3.8, 4) is 0 Å². The zero-order valence-electron chi connectivity index (χ0n) is 12.4. The van der Waals surface area contributed by atoms with Crippen molar-refractivity contribution < 1.29 is 20.4 Å². The van der Waals surface area contributed by atoms with Crippen molar-refractivity contribution in [1.82, 2.24) is 0 Å². The second-order valence-electron chi connectivity index (χ2n) is 7.68. The van der Waals surface area contributed by atoms with Crippen LogP contribution in [0.4, 0.5) is 0 Å². The maximum Gasteiger partial charge on any atom is 0.0679 e. The summed E-state index contributed by atoms with van der Waals surface area (Å²) in [4.78, 5) is 0. The number of hydrogen-bond acceptors (Lipinski definition) is 4. The summed E-state index contributed by atoms with van der Waals surface area (Å²) in [6.45, 7) is 7.12. The lowest BCUT2D eigenvalue weighted by molar-refractivity contribution is -0.232. The third kappa shape index (κ3) is 2.33. The monoisotopic (exact) mass is 272 g/mol. The van der Waals surface area contributed by atoms with Crippen molar-refractivity contribution in [3.05, 3.63) is 0 Å². The molecular weight excluding hydrogens is 244 g/mol. The number of aliphatic hydroxyl groups is 4. The van der Waals surface area contributed by atoms with E-state index in [1.54, 1.807) is 20.8 Å². The van der Waals surface area contributed by atoms with Crippen LogP contribution in [0.3, 0.4) is 0 Å². The minimum absolute atomic E-state index is 0.262. The zero-order chi connectivity index (χ0) is 14.6. The molecule has 2 aliphatic rings. The molecule has 0 amide bonds. The molecule has 0 spiro atoms. The Balaban J connectivity index is 2.37. The van der Waals surface area contributed by atoms with E-state index in [1.165, 1.54) is 0 Å². The van der Waals surface area contributed by atoms with Gasteiger partial charge in [0, 0.05) is 17.3 Å². The van der Waals surface area contributed by atoms with Crippen LogP contribution in [-0.2, 0) is 0 Å². The van der Waals surface area contributed by atoms with E-state index in [1.807, 2.05) is 6.92 Å². The van der Waals surface area contributed by atoms with Gasteiger partial charge in [0.25, 0.3) is 0 Å². The van der Waals surface area contributed by atoms with Crippen molar-refractivity contribution in [1.29, 1.82) is 0 Å². The Morgan fingerprint density at radius 3 is 2.16 bits per heavy atom. The Kier molecular flexibility index (Phi) is 3.54. The van der Waals surface area contributed by atoms with Gasteiger partial charge in [-0.2, -0.15) is 0 Å². The van der Waals surface area contributed by atoms with Crippen LogP contribution in [0.5, 0.6) is 0 Å². The summed E-state index contributed by atoms with van der Waals surface area (Å²) >= 11 is 0. The zero-order valence-corrected chi connectivity index (χ0v) is 12.4. The van der Waals surface area contributed by atoms with E-state index < -0.39 is 34.7 Å². The van der Waals surface area contributed by atoms with Crippen molar-refractivity contribution in [3.63, 3.8) is 0 Å². The fourth-order valence-corrected chi connectivity index (χ4v) is 4.55. The third-order valence-electron chi connectivity index (χ3n) is 5.72. The molecule has 0 radical (unpaired) electrons. The molecule has 0 aromatic carbocycles. The molecule has 2 rings (SSSR count). The fraction of sp³-hybridized carbons (Fsp3) is 1.00. The molecule has 0 aromatic heterocycles. The Morgan fingerprint density at radius 1 is 1.05 bits per heavy atom. The van der Waals surface area contributed by atoms with Gasteiger partial charge >= 0.3 is 0 Å². The van der Waals surface area contributed by atoms with E-state index in [2.05, 4.69) is 0 Å². The van der Waals surface area contributed by atoms with E-state index in [4.69, 9.17) is 0 Å². The van der Waals surface area contributed by atoms with Crippen LogP contribution in [0.2, 0.25) is 0 Å². The van der Waals surface area contributed by atoms with E-state index in [0.717, 1.165) is 6.42 Å². The molecule has 4 nitrogen and oxygen atoms in total. The second kappa shape index (κ2) is 4.42. The molecule has 19 heavy (non-hydrogen) atoms. The van der Waals surface area contributed by atoms with Crippen molar-refractivity contribution >= 4 is 0 Å². The molecular formula is C15H28O4. The summed E-state index contributed by atoms with van der Waals surface area (Å²) in [6, 6.07) is 0. The van der Waals surface area contributed by atoms with Gasteiger partial charge in [0.2, 0.25) is 0 Å². The van der Waals surface area contributed by atoms with Gasteiger partial charge in [-0.15, -0.1) is 0 Å². The van der Waals surface area contributed by atoms with Gasteiger partial charge in [0.1, 0.15) is 0 Å². The van der Waals surface area contributed by atoms with Gasteiger partial charge < -0.3 is 20.4 Å². The van der Waals surface area contributed by atoms with E-state index >= 15 is 0 Å². The average molecular weight is 272 g/mol. The third-order valence-corrected chi connectivity index (χ3v) is 5.72. The number of aliphatic hydroxyl groups excluding tert-OH is 2. The Labute approximate surface area is 115 Å². The highest BCUT2D eigenvalue weighted by molar-refractivity contribution is 5.10. The first kappa shape index (κ1) is 15.2. The molecule has 0 aliphatic heterocycles. The molecule has 0 aromatic rings. The first-order valence-corrected chi connectivity index (χ1v) is 7.31. The van der Waals surface area contributed by atoms with E-state index in [-0.39, 0.29) is 5.92 Å².